The summed E-state index contributed by atoms with van der Waals surface area (Å²) in [6, 6.07) is 11.0. The van der Waals surface area contributed by atoms with E-state index in [2.05, 4.69) is 27.0 Å². The van der Waals surface area contributed by atoms with Crippen LogP contribution in [0.2, 0.25) is 0 Å². The fourth-order valence-corrected chi connectivity index (χ4v) is 3.70. The third-order valence-corrected chi connectivity index (χ3v) is 5.13. The number of anilines is 1. The lowest BCUT2D eigenvalue weighted by atomic mass is 10.00. The van der Waals surface area contributed by atoms with Crippen molar-refractivity contribution in [2.75, 3.05) is 11.4 Å². The van der Waals surface area contributed by atoms with Crippen LogP contribution in [0.1, 0.15) is 11.1 Å². The van der Waals surface area contributed by atoms with Gasteiger partial charge >= 0.3 is 11.2 Å². The Hall–Kier alpha value is -2.74. The van der Waals surface area contributed by atoms with Crippen molar-refractivity contribution in [3.05, 3.63) is 78.7 Å². The van der Waals surface area contributed by atoms with E-state index in [-0.39, 0.29) is 5.82 Å². The molecule has 0 spiro atoms. The van der Waals surface area contributed by atoms with E-state index in [0.717, 1.165) is 16.5 Å². The quantitative estimate of drug-likeness (QED) is 0.487. The second kappa shape index (κ2) is 5.96. The summed E-state index contributed by atoms with van der Waals surface area (Å²) in [5.74, 6) is 0.127. The first kappa shape index (κ1) is 15.8. The third kappa shape index (κ3) is 2.58. The SMILES string of the molecule is O=c1c([N+](=O)[O-])c(N2CCc3cccc(Br)c3C2)nc2ccccn12. The van der Waals surface area contributed by atoms with E-state index >= 15 is 0 Å². The lowest BCUT2D eigenvalue weighted by molar-refractivity contribution is -0.385. The van der Waals surface area contributed by atoms with Crippen LogP contribution in [0.15, 0.2) is 51.9 Å². The molecule has 8 heteroatoms. The number of hydrogen-bond acceptors (Lipinski definition) is 5. The second-order valence-electron chi connectivity index (χ2n) is 5.82. The molecule has 1 aliphatic heterocycles. The number of nitro groups is 1. The van der Waals surface area contributed by atoms with Gasteiger partial charge in [0.25, 0.3) is 0 Å². The summed E-state index contributed by atoms with van der Waals surface area (Å²) in [4.78, 5) is 29.7. The van der Waals surface area contributed by atoms with Crippen molar-refractivity contribution in [2.24, 2.45) is 0 Å². The minimum absolute atomic E-state index is 0.127. The summed E-state index contributed by atoms with van der Waals surface area (Å²) in [5.41, 5.74) is 1.51. The number of fused-ring (bicyclic) bond motifs is 2. The smallest absolute Gasteiger partial charge is 0.346 e. The van der Waals surface area contributed by atoms with Crippen molar-refractivity contribution >= 4 is 33.1 Å². The summed E-state index contributed by atoms with van der Waals surface area (Å²) in [6.07, 6.45) is 2.23. The van der Waals surface area contributed by atoms with Crippen molar-refractivity contribution in [3.8, 4) is 0 Å². The Morgan fingerprint density at radius 2 is 2.04 bits per heavy atom. The normalized spacial score (nSPS) is 13.7. The van der Waals surface area contributed by atoms with E-state index in [1.807, 2.05) is 12.1 Å². The largest absolute Gasteiger partial charge is 0.376 e. The topological polar surface area (TPSA) is 80.8 Å². The van der Waals surface area contributed by atoms with E-state index in [0.29, 0.717) is 18.7 Å². The van der Waals surface area contributed by atoms with Gasteiger partial charge in [0, 0.05) is 23.8 Å². The van der Waals surface area contributed by atoms with Crippen LogP contribution in [0.5, 0.6) is 0 Å². The lowest BCUT2D eigenvalue weighted by Gasteiger charge is -2.30. The molecule has 126 valence electrons. The fraction of sp³-hybridized carbons (Fsp3) is 0.176. The average Bonchev–Trinajstić information content (AvgIpc) is 2.61. The minimum Gasteiger partial charge on any atom is -0.346 e. The molecular weight excluding hydrogens is 388 g/mol. The first-order valence-corrected chi connectivity index (χ1v) is 8.52. The molecule has 0 radical (unpaired) electrons. The molecule has 2 aromatic heterocycles. The van der Waals surface area contributed by atoms with Gasteiger partial charge in [-0.25, -0.2) is 4.98 Å². The van der Waals surface area contributed by atoms with Gasteiger partial charge in [-0.2, -0.15) is 0 Å². The summed E-state index contributed by atoms with van der Waals surface area (Å²) >= 11 is 3.54. The average molecular weight is 401 g/mol. The maximum atomic E-state index is 12.6. The maximum absolute atomic E-state index is 12.6. The van der Waals surface area contributed by atoms with Crippen LogP contribution in [0.3, 0.4) is 0 Å². The molecule has 0 unspecified atom stereocenters. The molecule has 0 saturated heterocycles. The Labute approximate surface area is 150 Å². The van der Waals surface area contributed by atoms with Gasteiger partial charge in [-0.3, -0.25) is 19.3 Å². The minimum atomic E-state index is -0.663. The monoisotopic (exact) mass is 400 g/mol. The van der Waals surface area contributed by atoms with Crippen molar-refractivity contribution in [2.45, 2.75) is 13.0 Å². The van der Waals surface area contributed by atoms with Gasteiger partial charge in [0.05, 0.1) is 4.92 Å². The Bertz CT molecular complexity index is 1060. The molecule has 0 amide bonds. The Morgan fingerprint density at radius 1 is 1.20 bits per heavy atom. The zero-order chi connectivity index (χ0) is 17.6. The lowest BCUT2D eigenvalue weighted by Crippen LogP contribution is -2.34. The first-order valence-electron chi connectivity index (χ1n) is 7.73. The highest BCUT2D eigenvalue weighted by molar-refractivity contribution is 9.10. The number of rotatable bonds is 2. The first-order chi connectivity index (χ1) is 12.1. The van der Waals surface area contributed by atoms with Crippen LogP contribution < -0.4 is 10.5 Å². The molecule has 1 aromatic carbocycles. The van der Waals surface area contributed by atoms with Gasteiger partial charge in [0.1, 0.15) is 5.65 Å². The number of nitrogens with zero attached hydrogens (tertiary/aromatic N) is 4. The van der Waals surface area contributed by atoms with Crippen molar-refractivity contribution < 1.29 is 4.92 Å². The van der Waals surface area contributed by atoms with E-state index in [4.69, 9.17) is 0 Å². The van der Waals surface area contributed by atoms with Gasteiger partial charge in [0.2, 0.25) is 5.82 Å². The molecule has 0 saturated carbocycles. The predicted octanol–water partition coefficient (Wildman–Crippen LogP) is 2.93. The molecule has 0 fully saturated rings. The van der Waals surface area contributed by atoms with Gasteiger partial charge in [-0.15, -0.1) is 0 Å². The summed E-state index contributed by atoms with van der Waals surface area (Å²) in [5, 5.41) is 11.6. The van der Waals surface area contributed by atoms with Crippen molar-refractivity contribution in [1.82, 2.24) is 9.38 Å². The predicted molar refractivity (Wildman–Crippen MR) is 97.0 cm³/mol. The van der Waals surface area contributed by atoms with Gasteiger partial charge < -0.3 is 4.90 Å². The Balaban J connectivity index is 1.90. The van der Waals surface area contributed by atoms with E-state index in [9.17, 15) is 14.9 Å². The molecule has 0 aliphatic carbocycles. The number of pyridine rings is 1. The molecule has 3 heterocycles. The molecule has 4 rings (SSSR count). The number of halogens is 1. The summed E-state index contributed by atoms with van der Waals surface area (Å²) in [7, 11) is 0. The highest BCUT2D eigenvalue weighted by Crippen LogP contribution is 2.31. The van der Waals surface area contributed by atoms with Gasteiger partial charge in [-0.1, -0.05) is 34.1 Å². The van der Waals surface area contributed by atoms with Gasteiger partial charge in [-0.05, 0) is 35.7 Å². The van der Waals surface area contributed by atoms with Crippen molar-refractivity contribution in [1.29, 1.82) is 0 Å². The molecule has 0 bridgehead atoms. The van der Waals surface area contributed by atoms with Gasteiger partial charge in [0.15, 0.2) is 0 Å². The fourth-order valence-electron chi connectivity index (χ4n) is 3.17. The van der Waals surface area contributed by atoms with Crippen molar-refractivity contribution in [3.63, 3.8) is 0 Å². The summed E-state index contributed by atoms with van der Waals surface area (Å²) in [6.45, 7) is 1.03. The highest BCUT2D eigenvalue weighted by Gasteiger charge is 2.30. The molecule has 0 atom stereocenters. The van der Waals surface area contributed by atoms with Crippen LogP contribution in [0.4, 0.5) is 11.5 Å². The Kier molecular flexibility index (Phi) is 3.76. The van der Waals surface area contributed by atoms with Crippen LogP contribution in [-0.2, 0) is 13.0 Å². The zero-order valence-electron chi connectivity index (χ0n) is 13.1. The Morgan fingerprint density at radius 3 is 2.84 bits per heavy atom. The van der Waals surface area contributed by atoms with E-state index < -0.39 is 16.2 Å². The van der Waals surface area contributed by atoms with Crippen LogP contribution in [0.25, 0.3) is 5.65 Å². The third-order valence-electron chi connectivity index (χ3n) is 4.39. The number of benzene rings is 1. The molecule has 7 nitrogen and oxygen atoms in total. The standard InChI is InChI=1S/C17H13BrN4O3/c18-13-5-3-4-11-7-9-20(10-12(11)13)16-15(22(24)25)17(23)21-8-2-1-6-14(21)19-16/h1-6,8H,7,9-10H2. The molecule has 3 aromatic rings. The molecular formula is C17H13BrN4O3. The highest BCUT2D eigenvalue weighted by atomic mass is 79.9. The van der Waals surface area contributed by atoms with Crippen LogP contribution in [0, 0.1) is 10.1 Å². The molecule has 1 aliphatic rings. The second-order valence-corrected chi connectivity index (χ2v) is 6.68. The molecule has 0 N–H and O–H groups in total. The van der Waals surface area contributed by atoms with Crippen LogP contribution in [-0.4, -0.2) is 20.9 Å². The number of aromatic nitrogens is 2. The van der Waals surface area contributed by atoms with E-state index in [1.54, 1.807) is 23.1 Å². The van der Waals surface area contributed by atoms with E-state index in [1.165, 1.54) is 16.2 Å². The zero-order valence-corrected chi connectivity index (χ0v) is 14.6. The molecule has 25 heavy (non-hydrogen) atoms. The number of hydrogen-bond donors (Lipinski definition) is 0. The summed E-state index contributed by atoms with van der Waals surface area (Å²) < 4.78 is 2.16. The van der Waals surface area contributed by atoms with Crippen LogP contribution >= 0.6 is 15.9 Å². The maximum Gasteiger partial charge on any atom is 0.376 e.